The summed E-state index contributed by atoms with van der Waals surface area (Å²) >= 11 is 4.58. The van der Waals surface area contributed by atoms with Crippen molar-refractivity contribution in [1.29, 1.82) is 0 Å². The highest BCUT2D eigenvalue weighted by atomic mass is 79.9. The Bertz CT molecular complexity index is 936. The van der Waals surface area contributed by atoms with Crippen molar-refractivity contribution in [2.75, 3.05) is 18.2 Å². The van der Waals surface area contributed by atoms with Crippen molar-refractivity contribution in [3.8, 4) is 17.3 Å². The summed E-state index contributed by atoms with van der Waals surface area (Å²) in [4.78, 5) is 12.2. The predicted molar refractivity (Wildman–Crippen MR) is 108 cm³/mol. The smallest absolute Gasteiger partial charge is 0.234 e. The molecule has 140 valence electrons. The van der Waals surface area contributed by atoms with Gasteiger partial charge < -0.3 is 14.5 Å². The standard InChI is InChI=1S/C18H17BrN4O3S/c1-3-10-23-17(14-8-9-15(19)26-14)21-22-18(23)27-11-16(24)20-12-4-6-13(25-2)7-5-12/h3-9H,1,10-11H2,2H3,(H,20,24). The number of nitrogens with zero attached hydrogens (tertiary/aromatic N) is 3. The molecule has 3 rings (SSSR count). The molecule has 2 aromatic heterocycles. The Morgan fingerprint density at radius 3 is 2.74 bits per heavy atom. The summed E-state index contributed by atoms with van der Waals surface area (Å²) in [5.74, 6) is 1.96. The first-order valence-electron chi connectivity index (χ1n) is 7.97. The van der Waals surface area contributed by atoms with Crippen molar-refractivity contribution >= 4 is 39.3 Å². The molecule has 0 saturated carbocycles. The molecule has 0 saturated heterocycles. The number of carbonyl (C=O) groups excluding carboxylic acids is 1. The van der Waals surface area contributed by atoms with E-state index in [4.69, 9.17) is 9.15 Å². The van der Waals surface area contributed by atoms with E-state index in [0.29, 0.717) is 33.6 Å². The largest absolute Gasteiger partial charge is 0.497 e. The van der Waals surface area contributed by atoms with Crippen LogP contribution in [0.4, 0.5) is 5.69 Å². The molecule has 1 N–H and O–H groups in total. The number of allylic oxidation sites excluding steroid dienone is 1. The number of amides is 1. The first kappa shape index (κ1) is 19.2. The summed E-state index contributed by atoms with van der Waals surface area (Å²) in [6.07, 6.45) is 1.74. The molecule has 0 bridgehead atoms. The number of thioether (sulfide) groups is 1. The van der Waals surface area contributed by atoms with Crippen LogP contribution in [0.15, 0.2) is 63.3 Å². The number of hydrogen-bond acceptors (Lipinski definition) is 6. The normalized spacial score (nSPS) is 10.6. The van der Waals surface area contributed by atoms with Gasteiger partial charge >= 0.3 is 0 Å². The van der Waals surface area contributed by atoms with Crippen molar-refractivity contribution < 1.29 is 13.9 Å². The fourth-order valence-corrected chi connectivity index (χ4v) is 3.36. The highest BCUT2D eigenvalue weighted by Gasteiger charge is 2.17. The number of anilines is 1. The Hall–Kier alpha value is -2.52. The van der Waals surface area contributed by atoms with E-state index < -0.39 is 0 Å². The maximum atomic E-state index is 12.2. The summed E-state index contributed by atoms with van der Waals surface area (Å²) in [7, 11) is 1.60. The third-order valence-electron chi connectivity index (χ3n) is 3.53. The molecular weight excluding hydrogens is 432 g/mol. The van der Waals surface area contributed by atoms with Gasteiger partial charge in [0, 0.05) is 12.2 Å². The van der Waals surface area contributed by atoms with Crippen LogP contribution in [0.1, 0.15) is 0 Å². The number of ether oxygens (including phenoxy) is 1. The Morgan fingerprint density at radius 1 is 1.33 bits per heavy atom. The van der Waals surface area contributed by atoms with E-state index in [0.717, 1.165) is 5.75 Å². The molecule has 0 spiro atoms. The molecule has 27 heavy (non-hydrogen) atoms. The maximum absolute atomic E-state index is 12.2. The maximum Gasteiger partial charge on any atom is 0.234 e. The third kappa shape index (κ3) is 4.81. The monoisotopic (exact) mass is 448 g/mol. The Kier molecular flexibility index (Phi) is 6.36. The van der Waals surface area contributed by atoms with E-state index >= 15 is 0 Å². The number of halogens is 1. The van der Waals surface area contributed by atoms with Gasteiger partial charge in [-0.15, -0.1) is 16.8 Å². The lowest BCUT2D eigenvalue weighted by Crippen LogP contribution is -2.14. The summed E-state index contributed by atoms with van der Waals surface area (Å²) in [5, 5.41) is 11.8. The lowest BCUT2D eigenvalue weighted by Gasteiger charge is -2.07. The Morgan fingerprint density at radius 2 is 2.11 bits per heavy atom. The molecule has 0 aliphatic carbocycles. The van der Waals surface area contributed by atoms with Gasteiger partial charge in [-0.05, 0) is 52.3 Å². The van der Waals surface area contributed by atoms with Crippen LogP contribution < -0.4 is 10.1 Å². The summed E-state index contributed by atoms with van der Waals surface area (Å²) in [6, 6.07) is 10.7. The molecule has 9 heteroatoms. The number of carbonyl (C=O) groups is 1. The molecule has 0 radical (unpaired) electrons. The summed E-state index contributed by atoms with van der Waals surface area (Å²) < 4.78 is 13.1. The van der Waals surface area contributed by atoms with Gasteiger partial charge in [-0.25, -0.2) is 0 Å². The molecule has 0 atom stereocenters. The number of aromatic nitrogens is 3. The fourth-order valence-electron chi connectivity index (χ4n) is 2.31. The van der Waals surface area contributed by atoms with Gasteiger partial charge in [-0.1, -0.05) is 17.8 Å². The number of rotatable bonds is 8. The van der Waals surface area contributed by atoms with Gasteiger partial charge in [-0.3, -0.25) is 9.36 Å². The summed E-state index contributed by atoms with van der Waals surface area (Å²) in [6.45, 7) is 4.27. The first-order chi connectivity index (χ1) is 13.1. The topological polar surface area (TPSA) is 82.2 Å². The molecule has 7 nitrogen and oxygen atoms in total. The molecular formula is C18H17BrN4O3S. The van der Waals surface area contributed by atoms with E-state index in [1.807, 2.05) is 4.57 Å². The van der Waals surface area contributed by atoms with Crippen LogP contribution in [0.5, 0.6) is 5.75 Å². The lowest BCUT2D eigenvalue weighted by atomic mass is 10.3. The molecule has 0 fully saturated rings. The van der Waals surface area contributed by atoms with Crippen molar-refractivity contribution in [2.24, 2.45) is 0 Å². The van der Waals surface area contributed by atoms with E-state index in [1.54, 1.807) is 49.6 Å². The number of nitrogens with one attached hydrogen (secondary N) is 1. The van der Waals surface area contributed by atoms with Gasteiger partial charge in [0.15, 0.2) is 15.6 Å². The molecule has 0 aliphatic rings. The van der Waals surface area contributed by atoms with Gasteiger partial charge in [0.1, 0.15) is 5.75 Å². The van der Waals surface area contributed by atoms with E-state index in [9.17, 15) is 4.79 Å². The molecule has 3 aromatic rings. The van der Waals surface area contributed by atoms with Crippen LogP contribution in [0, 0.1) is 0 Å². The minimum Gasteiger partial charge on any atom is -0.497 e. The SMILES string of the molecule is C=CCn1c(SCC(=O)Nc2ccc(OC)cc2)nnc1-c1ccc(Br)o1. The second kappa shape index (κ2) is 8.92. The van der Waals surface area contributed by atoms with Crippen molar-refractivity contribution in [2.45, 2.75) is 11.7 Å². The third-order valence-corrected chi connectivity index (χ3v) is 4.92. The zero-order valence-electron chi connectivity index (χ0n) is 14.5. The van der Waals surface area contributed by atoms with Gasteiger partial charge in [0.25, 0.3) is 0 Å². The molecule has 0 aliphatic heterocycles. The van der Waals surface area contributed by atoms with Gasteiger partial charge in [0.2, 0.25) is 11.7 Å². The van der Waals surface area contributed by atoms with Crippen LogP contribution in [-0.4, -0.2) is 33.5 Å². The Labute approximate surface area is 168 Å². The van der Waals surface area contributed by atoms with Crippen LogP contribution in [0.3, 0.4) is 0 Å². The number of benzene rings is 1. The molecule has 1 amide bonds. The van der Waals surface area contributed by atoms with Crippen molar-refractivity contribution in [1.82, 2.24) is 14.8 Å². The van der Waals surface area contributed by atoms with Crippen molar-refractivity contribution in [3.05, 3.63) is 53.7 Å². The fraction of sp³-hybridized carbons (Fsp3) is 0.167. The van der Waals surface area contributed by atoms with Crippen LogP contribution >= 0.6 is 27.7 Å². The first-order valence-corrected chi connectivity index (χ1v) is 9.75. The molecule has 0 unspecified atom stereocenters. The van der Waals surface area contributed by atoms with E-state index in [-0.39, 0.29) is 11.7 Å². The second-order valence-electron chi connectivity index (χ2n) is 5.37. The Balaban J connectivity index is 1.67. The van der Waals surface area contributed by atoms with E-state index in [1.165, 1.54) is 11.8 Å². The van der Waals surface area contributed by atoms with E-state index in [2.05, 4.69) is 38.0 Å². The zero-order chi connectivity index (χ0) is 19.2. The van der Waals surface area contributed by atoms with Gasteiger partial charge in [0.05, 0.1) is 12.9 Å². The van der Waals surface area contributed by atoms with Gasteiger partial charge in [-0.2, -0.15) is 0 Å². The zero-order valence-corrected chi connectivity index (χ0v) is 16.9. The summed E-state index contributed by atoms with van der Waals surface area (Å²) in [5.41, 5.74) is 0.704. The minimum absolute atomic E-state index is 0.138. The lowest BCUT2D eigenvalue weighted by molar-refractivity contribution is -0.113. The van der Waals surface area contributed by atoms with Crippen molar-refractivity contribution in [3.63, 3.8) is 0 Å². The van der Waals surface area contributed by atoms with Crippen LogP contribution in [0.2, 0.25) is 0 Å². The number of methoxy groups -OCH3 is 1. The predicted octanol–water partition coefficient (Wildman–Crippen LogP) is 4.23. The number of hydrogen-bond donors (Lipinski definition) is 1. The second-order valence-corrected chi connectivity index (χ2v) is 7.10. The molecule has 1 aromatic carbocycles. The average Bonchev–Trinajstić information content (AvgIpc) is 3.27. The highest BCUT2D eigenvalue weighted by molar-refractivity contribution is 9.10. The molecule has 2 heterocycles. The number of furan rings is 1. The van der Waals surface area contributed by atoms with Crippen LogP contribution in [0.25, 0.3) is 11.6 Å². The quantitative estimate of drug-likeness (QED) is 0.410. The highest BCUT2D eigenvalue weighted by Crippen LogP contribution is 2.27. The minimum atomic E-state index is -0.138. The average molecular weight is 449 g/mol. The van der Waals surface area contributed by atoms with Crippen LogP contribution in [-0.2, 0) is 11.3 Å².